The van der Waals surface area contributed by atoms with E-state index >= 15 is 0 Å². The van der Waals surface area contributed by atoms with E-state index in [1.807, 2.05) is 0 Å². The van der Waals surface area contributed by atoms with Gasteiger partial charge in [-0.2, -0.15) is 0 Å². The summed E-state index contributed by atoms with van der Waals surface area (Å²) >= 11 is 0. The molecule has 18 heavy (non-hydrogen) atoms. The first-order chi connectivity index (χ1) is 8.65. The predicted octanol–water partition coefficient (Wildman–Crippen LogP) is 0.435. The number of carbonyl (C=O) groups is 2. The summed E-state index contributed by atoms with van der Waals surface area (Å²) in [6, 6.07) is -0.136. The maximum Gasteiger partial charge on any atom is 0.247 e. The van der Waals surface area contributed by atoms with E-state index in [2.05, 4.69) is 5.32 Å². The monoisotopic (exact) mass is 252 g/mol. The molecule has 2 amide bonds. The molecule has 5 heteroatoms. The number of nitrogens with zero attached hydrogens (tertiary/aromatic N) is 1. The maximum atomic E-state index is 12.1. The summed E-state index contributed by atoms with van der Waals surface area (Å²) in [7, 11) is 1.72. The van der Waals surface area contributed by atoms with Crippen molar-refractivity contribution in [2.24, 2.45) is 0 Å². The Morgan fingerprint density at radius 2 is 2.11 bits per heavy atom. The zero-order valence-corrected chi connectivity index (χ0v) is 10.8. The molecule has 100 valence electrons. The third-order valence-electron chi connectivity index (χ3n) is 4.46. The van der Waals surface area contributed by atoms with Crippen LogP contribution >= 0.6 is 0 Å². The predicted molar refractivity (Wildman–Crippen MR) is 64.9 cm³/mol. The van der Waals surface area contributed by atoms with Crippen LogP contribution in [0.3, 0.4) is 0 Å². The van der Waals surface area contributed by atoms with Crippen molar-refractivity contribution in [3.8, 4) is 0 Å². The number of methoxy groups -OCH3 is 1. The number of imide groups is 1. The molecule has 0 bridgehead atoms. The van der Waals surface area contributed by atoms with Crippen LogP contribution in [0.25, 0.3) is 0 Å². The fraction of sp³-hybridized carbons (Fsp3) is 0.846. The molecule has 1 atom stereocenters. The van der Waals surface area contributed by atoms with E-state index in [0.29, 0.717) is 13.0 Å². The minimum atomic E-state index is -0.328. The smallest absolute Gasteiger partial charge is 0.247 e. The summed E-state index contributed by atoms with van der Waals surface area (Å²) in [4.78, 5) is 25.4. The highest BCUT2D eigenvalue weighted by Crippen LogP contribution is 2.35. The van der Waals surface area contributed by atoms with Gasteiger partial charge in [0, 0.05) is 19.7 Å². The van der Waals surface area contributed by atoms with E-state index < -0.39 is 0 Å². The first-order valence-corrected chi connectivity index (χ1v) is 6.80. The van der Waals surface area contributed by atoms with Crippen molar-refractivity contribution in [3.63, 3.8) is 0 Å². The van der Waals surface area contributed by atoms with Gasteiger partial charge in [-0.25, -0.2) is 0 Å². The van der Waals surface area contributed by atoms with E-state index in [1.165, 1.54) is 11.3 Å². The third-order valence-corrected chi connectivity index (χ3v) is 4.46. The molecule has 0 aromatic heterocycles. The molecule has 3 aliphatic rings. The zero-order chi connectivity index (χ0) is 12.8. The van der Waals surface area contributed by atoms with Crippen LogP contribution in [-0.2, 0) is 14.3 Å². The molecule has 0 aromatic rings. The Morgan fingerprint density at radius 3 is 2.61 bits per heavy atom. The van der Waals surface area contributed by atoms with Crippen molar-refractivity contribution in [2.75, 3.05) is 13.7 Å². The van der Waals surface area contributed by atoms with E-state index in [-0.39, 0.29) is 29.5 Å². The number of rotatable bonds is 5. The van der Waals surface area contributed by atoms with E-state index in [1.54, 1.807) is 7.11 Å². The van der Waals surface area contributed by atoms with Crippen LogP contribution in [0.2, 0.25) is 0 Å². The minimum Gasteiger partial charge on any atom is -0.377 e. The van der Waals surface area contributed by atoms with Gasteiger partial charge >= 0.3 is 0 Å². The summed E-state index contributed by atoms with van der Waals surface area (Å²) in [6.45, 7) is 0.672. The van der Waals surface area contributed by atoms with Crippen molar-refractivity contribution in [1.29, 1.82) is 0 Å². The lowest BCUT2D eigenvalue weighted by atomic mass is 9.80. The van der Waals surface area contributed by atoms with Crippen LogP contribution in [0.1, 0.15) is 38.5 Å². The number of likely N-dealkylation sites (tertiary alicyclic amines) is 1. The molecule has 2 saturated carbocycles. The first kappa shape index (κ1) is 12.1. The fourth-order valence-electron chi connectivity index (χ4n) is 2.86. The molecular weight excluding hydrogens is 232 g/mol. The van der Waals surface area contributed by atoms with Gasteiger partial charge in [0.1, 0.15) is 0 Å². The molecule has 1 N–H and O–H groups in total. The summed E-state index contributed by atoms with van der Waals surface area (Å²) in [5.74, 6) is -0.0480. The Hall–Kier alpha value is -0.940. The van der Waals surface area contributed by atoms with Gasteiger partial charge in [-0.1, -0.05) is 0 Å². The van der Waals surface area contributed by atoms with Crippen molar-refractivity contribution < 1.29 is 14.3 Å². The molecule has 0 radical (unpaired) electrons. The van der Waals surface area contributed by atoms with Gasteiger partial charge in [-0.05, 0) is 32.1 Å². The summed E-state index contributed by atoms with van der Waals surface area (Å²) < 4.78 is 5.51. The van der Waals surface area contributed by atoms with Gasteiger partial charge in [0.2, 0.25) is 11.8 Å². The highest BCUT2D eigenvalue weighted by Gasteiger charge is 2.47. The van der Waals surface area contributed by atoms with Crippen molar-refractivity contribution >= 4 is 11.8 Å². The zero-order valence-electron chi connectivity index (χ0n) is 10.8. The molecule has 1 saturated heterocycles. The molecule has 5 nitrogen and oxygen atoms in total. The van der Waals surface area contributed by atoms with Gasteiger partial charge in [0.25, 0.3) is 0 Å². The lowest BCUT2D eigenvalue weighted by molar-refractivity contribution is -0.139. The molecule has 0 aromatic carbocycles. The summed E-state index contributed by atoms with van der Waals surface area (Å²) in [5.41, 5.74) is -0.101. The number of hydrogen-bond acceptors (Lipinski definition) is 4. The average Bonchev–Trinajstić information content (AvgIpc) is 3.07. The number of carbonyl (C=O) groups excluding carboxylic acids is 2. The van der Waals surface area contributed by atoms with Crippen LogP contribution in [0.5, 0.6) is 0 Å². The lowest BCUT2D eigenvalue weighted by Gasteiger charge is -2.41. The molecular formula is C13H20N2O3. The Kier molecular flexibility index (Phi) is 2.90. The third kappa shape index (κ3) is 1.95. The maximum absolute atomic E-state index is 12.1. The molecule has 3 rings (SSSR count). The van der Waals surface area contributed by atoms with E-state index in [4.69, 9.17) is 4.74 Å². The SMILES string of the molecule is COC1(CNC2CC(=O)N(C3CC3)C2=O)CCC1. The van der Waals surface area contributed by atoms with Crippen molar-refractivity contribution in [1.82, 2.24) is 10.2 Å². The van der Waals surface area contributed by atoms with Gasteiger partial charge < -0.3 is 10.1 Å². The van der Waals surface area contributed by atoms with Crippen LogP contribution < -0.4 is 5.32 Å². The standard InChI is InChI=1S/C13H20N2O3/c1-18-13(5-2-6-13)8-14-10-7-11(16)15(12(10)17)9-3-4-9/h9-10,14H,2-8H2,1H3. The number of hydrogen-bond donors (Lipinski definition) is 1. The largest absolute Gasteiger partial charge is 0.377 e. The van der Waals surface area contributed by atoms with E-state index in [0.717, 1.165) is 25.7 Å². The number of ether oxygens (including phenoxy) is 1. The lowest BCUT2D eigenvalue weighted by Crippen LogP contribution is -2.52. The minimum absolute atomic E-state index is 0.0138. The first-order valence-electron chi connectivity index (χ1n) is 6.80. The quantitative estimate of drug-likeness (QED) is 0.721. The second kappa shape index (κ2) is 4.31. The number of nitrogens with one attached hydrogen (secondary N) is 1. The second-order valence-electron chi connectivity index (χ2n) is 5.71. The second-order valence-corrected chi connectivity index (χ2v) is 5.71. The van der Waals surface area contributed by atoms with Crippen molar-refractivity contribution in [3.05, 3.63) is 0 Å². The molecule has 0 spiro atoms. The molecule has 1 aliphatic heterocycles. The Bertz CT molecular complexity index is 369. The number of amides is 2. The normalized spacial score (nSPS) is 30.7. The molecule has 2 aliphatic carbocycles. The van der Waals surface area contributed by atoms with Crippen LogP contribution in [0.15, 0.2) is 0 Å². The van der Waals surface area contributed by atoms with Crippen molar-refractivity contribution in [2.45, 2.75) is 56.2 Å². The Morgan fingerprint density at radius 1 is 1.39 bits per heavy atom. The summed E-state index contributed by atoms with van der Waals surface area (Å²) in [5, 5.41) is 3.23. The van der Waals surface area contributed by atoms with Gasteiger partial charge in [0.05, 0.1) is 18.1 Å². The van der Waals surface area contributed by atoms with Gasteiger partial charge in [-0.3, -0.25) is 14.5 Å². The highest BCUT2D eigenvalue weighted by molar-refractivity contribution is 6.06. The highest BCUT2D eigenvalue weighted by atomic mass is 16.5. The van der Waals surface area contributed by atoms with Crippen LogP contribution in [0, 0.1) is 0 Å². The molecule has 3 fully saturated rings. The fourth-order valence-corrected chi connectivity index (χ4v) is 2.86. The molecule has 1 unspecified atom stereocenters. The van der Waals surface area contributed by atoms with E-state index in [9.17, 15) is 9.59 Å². The van der Waals surface area contributed by atoms with Gasteiger partial charge in [0.15, 0.2) is 0 Å². The van der Waals surface area contributed by atoms with Gasteiger partial charge in [-0.15, -0.1) is 0 Å². The topological polar surface area (TPSA) is 58.6 Å². The summed E-state index contributed by atoms with van der Waals surface area (Å²) in [6.07, 6.45) is 5.53. The Balaban J connectivity index is 1.57. The average molecular weight is 252 g/mol. The molecule has 1 heterocycles. The Labute approximate surface area is 107 Å². The van der Waals surface area contributed by atoms with Crippen LogP contribution in [0.4, 0.5) is 0 Å². The van der Waals surface area contributed by atoms with Crippen LogP contribution in [-0.4, -0.2) is 48.1 Å².